The van der Waals surface area contributed by atoms with Gasteiger partial charge in [-0.3, -0.25) is 0 Å². The summed E-state index contributed by atoms with van der Waals surface area (Å²) >= 11 is 0. The summed E-state index contributed by atoms with van der Waals surface area (Å²) in [5.74, 6) is 2.40. The van der Waals surface area contributed by atoms with E-state index in [1.165, 1.54) is 25.7 Å². The first-order valence-corrected chi connectivity index (χ1v) is 8.74. The average molecular weight is 330 g/mol. The standard InChI is InChI=1S/C18H34O5/c1-3-5-6-7-8-10-20-12-14-22-16-18-23-17-15-21-13-11-19-9-4-2/h2H,3,5-18H2,1H3. The second-order valence-corrected chi connectivity index (χ2v) is 5.12. The quantitative estimate of drug-likeness (QED) is 0.269. The lowest BCUT2D eigenvalue weighted by Crippen LogP contribution is -2.13. The van der Waals surface area contributed by atoms with Crippen LogP contribution in [-0.4, -0.2) is 66.1 Å². The Morgan fingerprint density at radius 1 is 0.565 bits per heavy atom. The van der Waals surface area contributed by atoms with Gasteiger partial charge >= 0.3 is 0 Å². The predicted octanol–water partition coefficient (Wildman–Crippen LogP) is 2.67. The molecule has 0 aliphatic carbocycles. The molecule has 5 nitrogen and oxygen atoms in total. The van der Waals surface area contributed by atoms with E-state index in [1.807, 2.05) is 0 Å². The number of rotatable bonds is 19. The molecular formula is C18H34O5. The number of hydrogen-bond acceptors (Lipinski definition) is 5. The van der Waals surface area contributed by atoms with Crippen LogP contribution in [0.4, 0.5) is 0 Å². The molecule has 0 spiro atoms. The summed E-state index contributed by atoms with van der Waals surface area (Å²) in [6.07, 6.45) is 11.4. The fraction of sp³-hybridized carbons (Fsp3) is 0.889. The molecule has 0 saturated heterocycles. The predicted molar refractivity (Wildman–Crippen MR) is 91.7 cm³/mol. The first-order chi connectivity index (χ1) is 11.4. The van der Waals surface area contributed by atoms with Crippen LogP contribution in [0.15, 0.2) is 0 Å². The Morgan fingerprint density at radius 2 is 1.00 bits per heavy atom. The van der Waals surface area contributed by atoms with E-state index < -0.39 is 0 Å². The van der Waals surface area contributed by atoms with Crippen molar-refractivity contribution in [3.63, 3.8) is 0 Å². The van der Waals surface area contributed by atoms with Crippen LogP contribution in [0.3, 0.4) is 0 Å². The molecular weight excluding hydrogens is 296 g/mol. The lowest BCUT2D eigenvalue weighted by molar-refractivity contribution is -0.00935. The minimum Gasteiger partial charge on any atom is -0.379 e. The fourth-order valence-electron chi connectivity index (χ4n) is 1.82. The highest BCUT2D eigenvalue weighted by atomic mass is 16.6. The van der Waals surface area contributed by atoms with Gasteiger partial charge in [-0.15, -0.1) is 6.42 Å². The Morgan fingerprint density at radius 3 is 1.48 bits per heavy atom. The zero-order chi connectivity index (χ0) is 16.8. The van der Waals surface area contributed by atoms with E-state index in [4.69, 9.17) is 30.1 Å². The molecule has 0 aromatic carbocycles. The Kier molecular flexibility index (Phi) is 20.8. The molecule has 0 amide bonds. The Balaban J connectivity index is 2.94. The summed E-state index contributed by atoms with van der Waals surface area (Å²) in [5.41, 5.74) is 0. The van der Waals surface area contributed by atoms with Crippen molar-refractivity contribution in [3.05, 3.63) is 0 Å². The molecule has 0 heterocycles. The topological polar surface area (TPSA) is 46.2 Å². The van der Waals surface area contributed by atoms with Crippen LogP contribution in [0.5, 0.6) is 0 Å². The van der Waals surface area contributed by atoms with Gasteiger partial charge in [-0.25, -0.2) is 0 Å². The van der Waals surface area contributed by atoms with E-state index >= 15 is 0 Å². The summed E-state index contributed by atoms with van der Waals surface area (Å²) < 4.78 is 26.7. The van der Waals surface area contributed by atoms with Crippen LogP contribution >= 0.6 is 0 Å². The highest BCUT2D eigenvalue weighted by Gasteiger charge is 1.93. The summed E-state index contributed by atoms with van der Waals surface area (Å²) in [6.45, 7) is 8.03. The average Bonchev–Trinajstić information content (AvgIpc) is 2.57. The molecule has 5 heteroatoms. The number of terminal acetylenes is 1. The third-order valence-electron chi connectivity index (χ3n) is 3.07. The lowest BCUT2D eigenvalue weighted by Gasteiger charge is -2.07. The maximum Gasteiger partial charge on any atom is 0.107 e. The van der Waals surface area contributed by atoms with Gasteiger partial charge in [0.25, 0.3) is 0 Å². The van der Waals surface area contributed by atoms with E-state index in [0.29, 0.717) is 59.5 Å². The fourth-order valence-corrected chi connectivity index (χ4v) is 1.82. The minimum absolute atomic E-state index is 0.333. The second-order valence-electron chi connectivity index (χ2n) is 5.12. The van der Waals surface area contributed by atoms with Crippen molar-refractivity contribution in [2.75, 3.05) is 66.1 Å². The Bertz CT molecular complexity index is 252. The van der Waals surface area contributed by atoms with Crippen molar-refractivity contribution < 1.29 is 23.7 Å². The van der Waals surface area contributed by atoms with Crippen molar-refractivity contribution in [2.45, 2.75) is 39.0 Å². The molecule has 0 aromatic rings. The van der Waals surface area contributed by atoms with Crippen LogP contribution in [0, 0.1) is 12.3 Å². The van der Waals surface area contributed by atoms with Crippen molar-refractivity contribution in [1.82, 2.24) is 0 Å². The third kappa shape index (κ3) is 21.4. The van der Waals surface area contributed by atoms with Crippen LogP contribution in [-0.2, 0) is 23.7 Å². The summed E-state index contributed by atoms with van der Waals surface area (Å²) in [7, 11) is 0. The second kappa shape index (κ2) is 21.4. The number of ether oxygens (including phenoxy) is 5. The maximum absolute atomic E-state index is 5.50. The van der Waals surface area contributed by atoms with Crippen molar-refractivity contribution in [3.8, 4) is 12.3 Å². The summed E-state index contributed by atoms with van der Waals surface area (Å²) in [6, 6.07) is 0. The van der Waals surface area contributed by atoms with E-state index in [-0.39, 0.29) is 0 Å². The molecule has 0 aromatic heterocycles. The molecule has 0 radical (unpaired) electrons. The van der Waals surface area contributed by atoms with Crippen molar-refractivity contribution in [1.29, 1.82) is 0 Å². The first-order valence-electron chi connectivity index (χ1n) is 8.74. The van der Waals surface area contributed by atoms with Gasteiger partial charge in [-0.05, 0) is 6.42 Å². The summed E-state index contributed by atoms with van der Waals surface area (Å²) in [5, 5.41) is 0. The van der Waals surface area contributed by atoms with Crippen LogP contribution in [0.2, 0.25) is 0 Å². The molecule has 136 valence electrons. The summed E-state index contributed by atoms with van der Waals surface area (Å²) in [4.78, 5) is 0. The monoisotopic (exact) mass is 330 g/mol. The highest BCUT2D eigenvalue weighted by Crippen LogP contribution is 2.02. The van der Waals surface area contributed by atoms with Gasteiger partial charge in [-0.2, -0.15) is 0 Å². The van der Waals surface area contributed by atoms with Gasteiger partial charge in [0.1, 0.15) is 6.61 Å². The molecule has 23 heavy (non-hydrogen) atoms. The maximum atomic E-state index is 5.50. The zero-order valence-corrected chi connectivity index (χ0v) is 14.7. The molecule has 0 N–H and O–H groups in total. The molecule has 0 fully saturated rings. The first kappa shape index (κ1) is 22.4. The van der Waals surface area contributed by atoms with E-state index in [9.17, 15) is 0 Å². The van der Waals surface area contributed by atoms with Gasteiger partial charge in [-0.1, -0.05) is 38.5 Å². The van der Waals surface area contributed by atoms with Gasteiger partial charge in [0.15, 0.2) is 0 Å². The third-order valence-corrected chi connectivity index (χ3v) is 3.07. The van der Waals surface area contributed by atoms with Crippen LogP contribution < -0.4 is 0 Å². The molecule has 0 rings (SSSR count). The Labute approximate surface area is 142 Å². The number of hydrogen-bond donors (Lipinski definition) is 0. The normalized spacial score (nSPS) is 10.8. The molecule has 0 unspecified atom stereocenters. The molecule has 0 atom stereocenters. The van der Waals surface area contributed by atoms with E-state index in [1.54, 1.807) is 0 Å². The van der Waals surface area contributed by atoms with Crippen molar-refractivity contribution in [2.24, 2.45) is 0 Å². The van der Waals surface area contributed by atoms with Crippen molar-refractivity contribution >= 4 is 0 Å². The van der Waals surface area contributed by atoms with E-state index in [2.05, 4.69) is 12.8 Å². The van der Waals surface area contributed by atoms with Crippen LogP contribution in [0.25, 0.3) is 0 Å². The van der Waals surface area contributed by atoms with Gasteiger partial charge in [0.05, 0.1) is 52.9 Å². The Hall–Kier alpha value is -0.640. The van der Waals surface area contributed by atoms with Crippen LogP contribution in [0.1, 0.15) is 39.0 Å². The molecule has 0 aliphatic heterocycles. The van der Waals surface area contributed by atoms with Gasteiger partial charge < -0.3 is 23.7 Å². The highest BCUT2D eigenvalue weighted by molar-refractivity contribution is 4.82. The van der Waals surface area contributed by atoms with E-state index in [0.717, 1.165) is 13.0 Å². The molecule has 0 bridgehead atoms. The SMILES string of the molecule is C#CCOCCOCCOCCOCCOCCCCCCC. The number of unbranched alkanes of at least 4 members (excludes halogenated alkanes) is 4. The largest absolute Gasteiger partial charge is 0.379 e. The van der Waals surface area contributed by atoms with Gasteiger partial charge in [0.2, 0.25) is 0 Å². The molecule has 0 aliphatic rings. The molecule has 0 saturated carbocycles. The zero-order valence-electron chi connectivity index (χ0n) is 14.7. The van der Waals surface area contributed by atoms with Gasteiger partial charge in [0, 0.05) is 6.61 Å². The smallest absolute Gasteiger partial charge is 0.107 e. The lowest BCUT2D eigenvalue weighted by atomic mass is 10.2. The minimum atomic E-state index is 0.333.